The van der Waals surface area contributed by atoms with Crippen molar-refractivity contribution in [2.75, 3.05) is 31.2 Å². The number of likely N-dealkylation sites (tertiary alicyclic amines) is 1. The first-order chi connectivity index (χ1) is 20.5. The van der Waals surface area contributed by atoms with E-state index in [0.717, 1.165) is 6.42 Å². The molecule has 3 aliphatic rings. The highest BCUT2D eigenvalue weighted by atomic mass is 79.9. The molecule has 8 nitrogen and oxygen atoms in total. The smallest absolute Gasteiger partial charge is 0.247 e. The van der Waals surface area contributed by atoms with Gasteiger partial charge in [-0.05, 0) is 57.4 Å². The summed E-state index contributed by atoms with van der Waals surface area (Å²) in [5, 5.41) is 10.5. The van der Waals surface area contributed by atoms with Crippen molar-refractivity contribution in [1.82, 2.24) is 9.80 Å². The summed E-state index contributed by atoms with van der Waals surface area (Å²) in [6, 6.07) is 5.92. The Morgan fingerprint density at radius 1 is 1.16 bits per heavy atom. The molecule has 1 aromatic carbocycles. The zero-order valence-corrected chi connectivity index (χ0v) is 28.4. The van der Waals surface area contributed by atoms with Crippen molar-refractivity contribution in [2.24, 2.45) is 17.8 Å². The number of benzene rings is 1. The molecular formula is C33H46BrN3O5S. The fourth-order valence-electron chi connectivity index (χ4n) is 7.17. The SMILES string of the molecule is C=CCN(C(=O)[C@H]1[C@H]2C(=O)N([C@@H](CO)[C@@H](C)CC)C(C(=O)N(CC=C)C(C)C)C23CC(Br)[C@@H]1S3)c1ccc(OCC)cc1. The summed E-state index contributed by atoms with van der Waals surface area (Å²) in [5.41, 5.74) is 0.695. The van der Waals surface area contributed by atoms with Gasteiger partial charge in [0.15, 0.2) is 0 Å². The number of rotatable bonds is 14. The maximum Gasteiger partial charge on any atom is 0.247 e. The molecule has 3 fully saturated rings. The van der Waals surface area contributed by atoms with Gasteiger partial charge in [0.1, 0.15) is 11.8 Å². The van der Waals surface area contributed by atoms with Crippen molar-refractivity contribution < 1.29 is 24.2 Å². The topological polar surface area (TPSA) is 90.4 Å². The lowest BCUT2D eigenvalue weighted by Crippen LogP contribution is -2.59. The van der Waals surface area contributed by atoms with Crippen molar-refractivity contribution in [3.8, 4) is 5.75 Å². The predicted octanol–water partition coefficient (Wildman–Crippen LogP) is 4.90. The van der Waals surface area contributed by atoms with E-state index >= 15 is 0 Å². The first kappa shape index (κ1) is 33.6. The van der Waals surface area contributed by atoms with E-state index in [0.29, 0.717) is 31.0 Å². The predicted molar refractivity (Wildman–Crippen MR) is 177 cm³/mol. The van der Waals surface area contributed by atoms with Crippen LogP contribution in [0, 0.1) is 17.8 Å². The number of fused-ring (bicyclic) bond motifs is 1. The number of amides is 3. The highest BCUT2D eigenvalue weighted by Crippen LogP contribution is 2.68. The second-order valence-electron chi connectivity index (χ2n) is 12.1. The quantitative estimate of drug-likeness (QED) is 0.223. The van der Waals surface area contributed by atoms with Gasteiger partial charge in [-0.25, -0.2) is 0 Å². The Bertz CT molecular complexity index is 1210. The van der Waals surface area contributed by atoms with Gasteiger partial charge in [-0.3, -0.25) is 14.4 Å². The standard InChI is InChI=1S/C33H46BrN3O5S/c1-8-16-35(20(5)6)32(41)29-33-18-24(34)28(43-33)26(27(33)31(40)37(29)25(19-38)21(7)10-3)30(39)36(17-9-2)22-12-14-23(15-13-22)42-11-4/h8-9,12-15,20-21,24-29,38H,1-2,10-11,16-19H2,3-7H3/t21-,24?,25-,26-,27-,28-,29?,33?/m0/s1. The minimum atomic E-state index is -0.804. The van der Waals surface area contributed by atoms with E-state index in [1.807, 2.05) is 58.9 Å². The molecule has 3 unspecified atom stereocenters. The number of aliphatic hydroxyl groups is 1. The Kier molecular flexibility index (Phi) is 10.8. The van der Waals surface area contributed by atoms with Gasteiger partial charge >= 0.3 is 0 Å². The van der Waals surface area contributed by atoms with Crippen molar-refractivity contribution in [2.45, 2.75) is 80.4 Å². The second-order valence-corrected chi connectivity index (χ2v) is 14.8. The number of alkyl halides is 1. The Morgan fingerprint density at radius 3 is 2.35 bits per heavy atom. The lowest BCUT2D eigenvalue weighted by molar-refractivity contribution is -0.147. The number of anilines is 1. The van der Waals surface area contributed by atoms with Crippen LogP contribution in [0.5, 0.6) is 5.75 Å². The van der Waals surface area contributed by atoms with Crippen molar-refractivity contribution in [3.63, 3.8) is 0 Å². The van der Waals surface area contributed by atoms with E-state index in [9.17, 15) is 19.5 Å². The highest BCUT2D eigenvalue weighted by Gasteiger charge is 2.76. The molecule has 236 valence electrons. The number of nitrogens with zero attached hydrogens (tertiary/aromatic N) is 3. The summed E-state index contributed by atoms with van der Waals surface area (Å²) < 4.78 is 4.80. The average molecular weight is 677 g/mol. The normalized spacial score (nSPS) is 28.9. The maximum atomic E-state index is 14.7. The third kappa shape index (κ3) is 5.79. The number of hydrogen-bond donors (Lipinski definition) is 1. The van der Waals surface area contributed by atoms with Gasteiger partial charge in [-0.1, -0.05) is 48.4 Å². The summed E-state index contributed by atoms with van der Waals surface area (Å²) in [6.07, 6.45) is 4.71. The minimum absolute atomic E-state index is 0.0383. The van der Waals surface area contributed by atoms with E-state index < -0.39 is 28.7 Å². The Morgan fingerprint density at radius 2 is 1.81 bits per heavy atom. The third-order valence-electron chi connectivity index (χ3n) is 9.36. The van der Waals surface area contributed by atoms with E-state index in [-0.39, 0.29) is 52.9 Å². The first-order valence-corrected chi connectivity index (χ1v) is 17.1. The Balaban J connectivity index is 1.82. The molecule has 1 spiro atoms. The molecule has 2 bridgehead atoms. The van der Waals surface area contributed by atoms with Gasteiger partial charge in [0, 0.05) is 34.9 Å². The van der Waals surface area contributed by atoms with Crippen LogP contribution in [0.4, 0.5) is 5.69 Å². The van der Waals surface area contributed by atoms with Gasteiger partial charge in [-0.2, -0.15) is 0 Å². The van der Waals surface area contributed by atoms with Crippen LogP contribution in [0.3, 0.4) is 0 Å². The third-order valence-corrected chi connectivity index (χ3v) is 12.6. The molecule has 1 N–H and O–H groups in total. The fourth-order valence-corrected chi connectivity index (χ4v) is 10.8. The molecule has 10 heteroatoms. The van der Waals surface area contributed by atoms with Crippen molar-refractivity contribution >= 4 is 51.1 Å². The van der Waals surface area contributed by atoms with Crippen LogP contribution in [0.2, 0.25) is 0 Å². The number of halogens is 1. The molecule has 4 rings (SSSR count). The van der Waals surface area contributed by atoms with Gasteiger partial charge in [-0.15, -0.1) is 24.9 Å². The molecule has 1 aromatic rings. The van der Waals surface area contributed by atoms with Gasteiger partial charge in [0.25, 0.3) is 0 Å². The van der Waals surface area contributed by atoms with Crippen LogP contribution in [-0.4, -0.2) is 91.9 Å². The monoisotopic (exact) mass is 675 g/mol. The summed E-state index contributed by atoms with van der Waals surface area (Å²) in [7, 11) is 0. The van der Waals surface area contributed by atoms with Crippen molar-refractivity contribution in [3.05, 3.63) is 49.6 Å². The summed E-state index contributed by atoms with van der Waals surface area (Å²) in [5.74, 6) is -1.18. The number of carbonyl (C=O) groups is 3. The van der Waals surface area contributed by atoms with Crippen LogP contribution in [0.25, 0.3) is 0 Å². The van der Waals surface area contributed by atoms with E-state index in [2.05, 4.69) is 29.1 Å². The molecule has 0 saturated carbocycles. The second kappa shape index (κ2) is 13.8. The van der Waals surface area contributed by atoms with E-state index in [1.165, 1.54) is 0 Å². The average Bonchev–Trinajstić information content (AvgIpc) is 3.58. The maximum absolute atomic E-state index is 14.7. The van der Waals surface area contributed by atoms with Gasteiger partial charge in [0.05, 0.1) is 35.8 Å². The molecular weight excluding hydrogens is 630 g/mol. The summed E-state index contributed by atoms with van der Waals surface area (Å²) in [6.45, 7) is 18.5. The minimum Gasteiger partial charge on any atom is -0.494 e. The molecule has 3 amide bonds. The van der Waals surface area contributed by atoms with Crippen molar-refractivity contribution in [1.29, 1.82) is 0 Å². The fraction of sp³-hybridized carbons (Fsp3) is 0.606. The largest absolute Gasteiger partial charge is 0.494 e. The van der Waals surface area contributed by atoms with E-state index in [1.54, 1.807) is 38.6 Å². The van der Waals surface area contributed by atoms with Crippen LogP contribution in [0.1, 0.15) is 47.5 Å². The zero-order valence-electron chi connectivity index (χ0n) is 25.9. The van der Waals surface area contributed by atoms with E-state index in [4.69, 9.17) is 4.74 Å². The molecule has 8 atom stereocenters. The van der Waals surface area contributed by atoms with Crippen LogP contribution >= 0.6 is 27.7 Å². The first-order valence-electron chi connectivity index (χ1n) is 15.3. The molecule has 0 aliphatic carbocycles. The lowest BCUT2D eigenvalue weighted by atomic mass is 9.70. The highest BCUT2D eigenvalue weighted by molar-refractivity contribution is 9.09. The molecule has 3 saturated heterocycles. The molecule has 43 heavy (non-hydrogen) atoms. The number of thioether (sulfide) groups is 1. The van der Waals surface area contributed by atoms with Crippen LogP contribution in [0.15, 0.2) is 49.6 Å². The number of ether oxygens (including phenoxy) is 1. The number of aliphatic hydroxyl groups excluding tert-OH is 1. The molecule has 0 radical (unpaired) electrons. The lowest BCUT2D eigenvalue weighted by Gasteiger charge is -2.42. The summed E-state index contributed by atoms with van der Waals surface area (Å²) in [4.78, 5) is 48.9. The number of hydrogen-bond acceptors (Lipinski definition) is 6. The van der Waals surface area contributed by atoms with Crippen LogP contribution in [-0.2, 0) is 14.4 Å². The summed E-state index contributed by atoms with van der Waals surface area (Å²) >= 11 is 5.48. The number of carbonyl (C=O) groups excluding carboxylic acids is 3. The molecule has 0 aromatic heterocycles. The Labute approximate surface area is 269 Å². The Hall–Kier alpha value is -2.30. The molecule has 3 heterocycles. The van der Waals surface area contributed by atoms with Crippen LogP contribution < -0.4 is 9.64 Å². The van der Waals surface area contributed by atoms with Gasteiger partial charge in [0.2, 0.25) is 17.7 Å². The zero-order chi connectivity index (χ0) is 31.6. The van der Waals surface area contributed by atoms with Gasteiger partial charge < -0.3 is 24.5 Å². The molecule has 3 aliphatic heterocycles.